The molecule has 0 aliphatic carbocycles. The van der Waals surface area contributed by atoms with E-state index >= 15 is 0 Å². The molecule has 17 heavy (non-hydrogen) atoms. The van der Waals surface area contributed by atoms with Crippen molar-refractivity contribution in [1.29, 1.82) is 0 Å². The largest absolute Gasteiger partial charge is 0.466 e. The molecular weight excluding hydrogens is 214 g/mol. The highest BCUT2D eigenvalue weighted by atomic mass is 16.5. The van der Waals surface area contributed by atoms with Crippen molar-refractivity contribution in [2.75, 3.05) is 7.11 Å². The second kappa shape index (κ2) is 5.21. The Kier molecular flexibility index (Phi) is 4.36. The summed E-state index contributed by atoms with van der Waals surface area (Å²) in [5.41, 5.74) is 0.558. The van der Waals surface area contributed by atoms with Crippen LogP contribution in [-0.4, -0.2) is 24.2 Å². The van der Waals surface area contributed by atoms with E-state index in [0.29, 0.717) is 0 Å². The fraction of sp³-hybridized carbons (Fsp3) is 0.786. The maximum atomic E-state index is 11.9. The van der Waals surface area contributed by atoms with E-state index in [-0.39, 0.29) is 17.0 Å². The van der Waals surface area contributed by atoms with E-state index in [0.717, 1.165) is 31.3 Å². The summed E-state index contributed by atoms with van der Waals surface area (Å²) in [5.74, 6) is -0.190. The molecule has 0 spiro atoms. The van der Waals surface area contributed by atoms with Crippen LogP contribution in [0.2, 0.25) is 0 Å². The third kappa shape index (κ3) is 2.25. The summed E-state index contributed by atoms with van der Waals surface area (Å²) >= 11 is 0. The Bertz CT molecular complexity index is 312. The molecule has 1 rings (SSSR count). The number of nitrogens with one attached hydrogen (secondary N) is 1. The summed E-state index contributed by atoms with van der Waals surface area (Å²) < 4.78 is 4.93. The minimum absolute atomic E-state index is 0.0461. The SMILES string of the molecule is CCC1(CC)C=C(C(=O)OC)C(CC)(CC)N1. The van der Waals surface area contributed by atoms with E-state index in [9.17, 15) is 4.79 Å². The van der Waals surface area contributed by atoms with Gasteiger partial charge in [0.15, 0.2) is 0 Å². The predicted octanol–water partition coefficient (Wildman–Crippen LogP) is 2.81. The number of rotatable bonds is 5. The average Bonchev–Trinajstić information content (AvgIpc) is 2.74. The molecule has 0 fully saturated rings. The topological polar surface area (TPSA) is 38.3 Å². The lowest BCUT2D eigenvalue weighted by molar-refractivity contribution is -0.136. The van der Waals surface area contributed by atoms with Gasteiger partial charge in [-0.2, -0.15) is 0 Å². The monoisotopic (exact) mass is 239 g/mol. The van der Waals surface area contributed by atoms with E-state index in [2.05, 4.69) is 39.1 Å². The lowest BCUT2D eigenvalue weighted by atomic mass is 9.86. The van der Waals surface area contributed by atoms with Crippen molar-refractivity contribution >= 4 is 5.97 Å². The zero-order valence-corrected chi connectivity index (χ0v) is 11.7. The Hall–Kier alpha value is -0.830. The summed E-state index contributed by atoms with van der Waals surface area (Å²) in [4.78, 5) is 11.9. The summed E-state index contributed by atoms with van der Waals surface area (Å²) in [6.45, 7) is 8.55. The first-order valence-electron chi connectivity index (χ1n) is 6.64. The van der Waals surface area contributed by atoms with Crippen molar-refractivity contribution < 1.29 is 9.53 Å². The zero-order chi connectivity index (χ0) is 13.1. The van der Waals surface area contributed by atoms with E-state index in [1.54, 1.807) is 0 Å². The van der Waals surface area contributed by atoms with Crippen LogP contribution < -0.4 is 5.32 Å². The third-order valence-electron chi connectivity index (χ3n) is 4.30. The Balaban J connectivity index is 3.19. The Labute approximate surface area is 105 Å². The van der Waals surface area contributed by atoms with Crippen molar-refractivity contribution in [2.24, 2.45) is 0 Å². The van der Waals surface area contributed by atoms with Gasteiger partial charge in [0.05, 0.1) is 18.2 Å². The van der Waals surface area contributed by atoms with Crippen LogP contribution in [0.15, 0.2) is 11.6 Å². The molecule has 1 aliphatic heterocycles. The average molecular weight is 239 g/mol. The zero-order valence-electron chi connectivity index (χ0n) is 11.7. The van der Waals surface area contributed by atoms with E-state index in [1.807, 2.05) is 0 Å². The molecule has 0 saturated carbocycles. The van der Waals surface area contributed by atoms with Crippen LogP contribution in [-0.2, 0) is 9.53 Å². The summed E-state index contributed by atoms with van der Waals surface area (Å²) in [7, 11) is 1.46. The number of carbonyl (C=O) groups excluding carboxylic acids is 1. The fourth-order valence-corrected chi connectivity index (χ4v) is 2.80. The van der Waals surface area contributed by atoms with Gasteiger partial charge in [0.2, 0.25) is 0 Å². The second-order valence-corrected chi connectivity index (χ2v) is 4.83. The number of methoxy groups -OCH3 is 1. The maximum absolute atomic E-state index is 11.9. The molecule has 3 heteroatoms. The standard InChI is InChI=1S/C14H25NO2/c1-6-13(7-2)10-11(12(16)17-5)14(8-3,9-4)15-13/h10,15H,6-9H2,1-5H3. The molecule has 0 atom stereocenters. The number of esters is 1. The molecule has 1 heterocycles. The van der Waals surface area contributed by atoms with Gasteiger partial charge in [-0.05, 0) is 25.7 Å². The Morgan fingerprint density at radius 1 is 1.18 bits per heavy atom. The summed E-state index contributed by atoms with van der Waals surface area (Å²) in [6, 6.07) is 0. The fourth-order valence-electron chi connectivity index (χ4n) is 2.80. The summed E-state index contributed by atoms with van der Waals surface area (Å²) in [5, 5.41) is 3.69. The molecule has 1 aliphatic rings. The van der Waals surface area contributed by atoms with Crippen LogP contribution in [0.25, 0.3) is 0 Å². The first kappa shape index (κ1) is 14.2. The maximum Gasteiger partial charge on any atom is 0.335 e. The van der Waals surface area contributed by atoms with Gasteiger partial charge in [-0.25, -0.2) is 4.79 Å². The predicted molar refractivity (Wildman–Crippen MR) is 69.9 cm³/mol. The number of ether oxygens (including phenoxy) is 1. The van der Waals surface area contributed by atoms with Crippen molar-refractivity contribution in [3.05, 3.63) is 11.6 Å². The highest BCUT2D eigenvalue weighted by Crippen LogP contribution is 2.39. The third-order valence-corrected chi connectivity index (χ3v) is 4.30. The van der Waals surface area contributed by atoms with Crippen LogP contribution in [0.4, 0.5) is 0 Å². The molecule has 0 saturated heterocycles. The van der Waals surface area contributed by atoms with E-state index < -0.39 is 0 Å². The van der Waals surface area contributed by atoms with Gasteiger partial charge in [-0.1, -0.05) is 33.8 Å². The van der Waals surface area contributed by atoms with Crippen LogP contribution >= 0.6 is 0 Å². The van der Waals surface area contributed by atoms with Crippen LogP contribution in [0.3, 0.4) is 0 Å². The van der Waals surface area contributed by atoms with Crippen LogP contribution in [0.1, 0.15) is 53.4 Å². The molecule has 0 aromatic carbocycles. The van der Waals surface area contributed by atoms with Gasteiger partial charge in [0.1, 0.15) is 0 Å². The Morgan fingerprint density at radius 2 is 1.71 bits per heavy atom. The first-order chi connectivity index (χ1) is 8.03. The second-order valence-electron chi connectivity index (χ2n) is 4.83. The van der Waals surface area contributed by atoms with E-state index in [4.69, 9.17) is 4.74 Å². The molecule has 0 amide bonds. The van der Waals surface area contributed by atoms with Crippen LogP contribution in [0.5, 0.6) is 0 Å². The molecule has 0 unspecified atom stereocenters. The van der Waals surface area contributed by atoms with Gasteiger partial charge in [0.25, 0.3) is 0 Å². The van der Waals surface area contributed by atoms with Crippen molar-refractivity contribution in [3.8, 4) is 0 Å². The number of hydrogen-bond donors (Lipinski definition) is 1. The molecule has 0 bridgehead atoms. The van der Waals surface area contributed by atoms with Crippen molar-refractivity contribution in [1.82, 2.24) is 5.32 Å². The lowest BCUT2D eigenvalue weighted by Gasteiger charge is -2.36. The van der Waals surface area contributed by atoms with Gasteiger partial charge in [0, 0.05) is 5.54 Å². The van der Waals surface area contributed by atoms with Crippen molar-refractivity contribution in [2.45, 2.75) is 64.5 Å². The quantitative estimate of drug-likeness (QED) is 0.750. The van der Waals surface area contributed by atoms with Gasteiger partial charge >= 0.3 is 5.97 Å². The van der Waals surface area contributed by atoms with Gasteiger partial charge in [-0.15, -0.1) is 0 Å². The lowest BCUT2D eigenvalue weighted by Crippen LogP contribution is -2.52. The minimum atomic E-state index is -0.209. The number of hydrogen-bond acceptors (Lipinski definition) is 3. The normalized spacial score (nSPS) is 21.1. The van der Waals surface area contributed by atoms with Gasteiger partial charge in [-0.3, -0.25) is 5.32 Å². The Morgan fingerprint density at radius 3 is 2.06 bits per heavy atom. The van der Waals surface area contributed by atoms with E-state index in [1.165, 1.54) is 7.11 Å². The molecule has 0 radical (unpaired) electrons. The molecule has 0 aromatic heterocycles. The highest BCUT2D eigenvalue weighted by molar-refractivity contribution is 5.92. The smallest absolute Gasteiger partial charge is 0.335 e. The van der Waals surface area contributed by atoms with Crippen molar-refractivity contribution in [3.63, 3.8) is 0 Å². The molecule has 98 valence electrons. The summed E-state index contributed by atoms with van der Waals surface area (Å²) in [6.07, 6.45) is 5.90. The first-order valence-corrected chi connectivity index (χ1v) is 6.64. The highest BCUT2D eigenvalue weighted by Gasteiger charge is 2.47. The molecule has 0 aromatic rings. The van der Waals surface area contributed by atoms with Gasteiger partial charge < -0.3 is 4.74 Å². The van der Waals surface area contributed by atoms with Crippen LogP contribution in [0, 0.1) is 0 Å². The molecular formula is C14H25NO2. The molecule has 1 N–H and O–H groups in total. The molecule has 3 nitrogen and oxygen atoms in total. The minimum Gasteiger partial charge on any atom is -0.466 e. The number of carbonyl (C=O) groups is 1.